The Balaban J connectivity index is 1.83. The first-order valence-electron chi connectivity index (χ1n) is 5.79. The molecule has 0 fully saturated rings. The quantitative estimate of drug-likeness (QED) is 0.628. The van der Waals surface area contributed by atoms with Gasteiger partial charge in [0.2, 0.25) is 11.1 Å². The maximum absolute atomic E-state index is 11.8. The fraction of sp³-hybridized carbons (Fsp3) is 0.250. The van der Waals surface area contributed by atoms with E-state index in [-0.39, 0.29) is 17.7 Å². The van der Waals surface area contributed by atoms with Crippen LogP contribution in [0.15, 0.2) is 41.8 Å². The van der Waals surface area contributed by atoms with Gasteiger partial charge >= 0.3 is 0 Å². The van der Waals surface area contributed by atoms with Gasteiger partial charge in [0, 0.05) is 0 Å². The number of carbonyl (C=O) groups is 1. The van der Waals surface area contributed by atoms with E-state index in [9.17, 15) is 4.79 Å². The Bertz CT molecular complexity index is 542. The van der Waals surface area contributed by atoms with Crippen LogP contribution in [0.4, 0.5) is 0 Å². The van der Waals surface area contributed by atoms with E-state index >= 15 is 0 Å². The molecule has 0 radical (unpaired) electrons. The smallest absolute Gasteiger partial charge is 0.230 e. The number of amides is 1. The fourth-order valence-electron chi connectivity index (χ4n) is 1.57. The number of nitrogens with two attached hydrogens (primary N) is 1. The molecule has 0 aliphatic carbocycles. The van der Waals surface area contributed by atoms with Crippen LogP contribution in [-0.4, -0.2) is 26.5 Å². The van der Waals surface area contributed by atoms with Crippen molar-refractivity contribution in [1.29, 1.82) is 0 Å². The van der Waals surface area contributed by atoms with E-state index in [1.807, 2.05) is 37.3 Å². The first-order chi connectivity index (χ1) is 9.16. The number of nitrogens with zero attached hydrogens (tertiary/aromatic N) is 3. The summed E-state index contributed by atoms with van der Waals surface area (Å²) < 4.78 is 1.29. The summed E-state index contributed by atoms with van der Waals surface area (Å²) in [5, 5.41) is 10.9. The Labute approximate surface area is 115 Å². The zero-order chi connectivity index (χ0) is 13.7. The second kappa shape index (κ2) is 6.24. The molecule has 0 saturated carbocycles. The predicted molar refractivity (Wildman–Crippen MR) is 73.9 cm³/mol. The summed E-state index contributed by atoms with van der Waals surface area (Å²) >= 11 is 1.25. The summed E-state index contributed by atoms with van der Waals surface area (Å²) in [6, 6.07) is 9.78. The number of hydrogen-bond donors (Lipinski definition) is 2. The molecule has 6 nitrogen and oxygen atoms in total. The van der Waals surface area contributed by atoms with Crippen molar-refractivity contribution >= 4 is 17.7 Å². The third kappa shape index (κ3) is 3.72. The van der Waals surface area contributed by atoms with Gasteiger partial charge in [0.15, 0.2) is 0 Å². The zero-order valence-corrected chi connectivity index (χ0v) is 11.3. The molecule has 0 saturated heterocycles. The summed E-state index contributed by atoms with van der Waals surface area (Å²) in [5.74, 6) is 5.75. The molecule has 0 aliphatic rings. The van der Waals surface area contributed by atoms with Crippen LogP contribution in [-0.2, 0) is 4.79 Å². The third-order valence-electron chi connectivity index (χ3n) is 2.55. The van der Waals surface area contributed by atoms with Crippen molar-refractivity contribution in [2.45, 2.75) is 18.1 Å². The van der Waals surface area contributed by atoms with Crippen LogP contribution in [0.3, 0.4) is 0 Å². The van der Waals surface area contributed by atoms with Gasteiger partial charge in [0.05, 0.1) is 11.8 Å². The van der Waals surface area contributed by atoms with Crippen LogP contribution in [0.25, 0.3) is 0 Å². The average molecular weight is 277 g/mol. The van der Waals surface area contributed by atoms with Crippen LogP contribution in [0.1, 0.15) is 18.5 Å². The van der Waals surface area contributed by atoms with Gasteiger partial charge in [-0.05, 0) is 12.5 Å². The highest BCUT2D eigenvalue weighted by atomic mass is 32.2. The minimum atomic E-state index is -0.0654. The van der Waals surface area contributed by atoms with Crippen molar-refractivity contribution in [2.75, 3.05) is 11.6 Å². The maximum Gasteiger partial charge on any atom is 0.230 e. The highest BCUT2D eigenvalue weighted by Crippen LogP contribution is 2.14. The topological polar surface area (TPSA) is 85.8 Å². The van der Waals surface area contributed by atoms with Crippen molar-refractivity contribution in [3.05, 3.63) is 42.2 Å². The van der Waals surface area contributed by atoms with Crippen LogP contribution < -0.4 is 11.2 Å². The first-order valence-corrected chi connectivity index (χ1v) is 6.77. The SMILES string of the molecule is C[C@@H](NC(=O)CSc1nncn1N)c1ccccc1. The predicted octanol–water partition coefficient (Wildman–Crippen LogP) is 0.961. The summed E-state index contributed by atoms with van der Waals surface area (Å²) in [6.07, 6.45) is 1.40. The number of benzene rings is 1. The molecule has 3 N–H and O–H groups in total. The molecule has 1 amide bonds. The van der Waals surface area contributed by atoms with Crippen LogP contribution in [0.2, 0.25) is 0 Å². The molecular formula is C12H15N5OS. The van der Waals surface area contributed by atoms with Gasteiger partial charge in [0.1, 0.15) is 6.33 Å². The highest BCUT2D eigenvalue weighted by molar-refractivity contribution is 7.99. The zero-order valence-electron chi connectivity index (χ0n) is 10.5. The number of nitrogens with one attached hydrogen (secondary N) is 1. The molecule has 100 valence electrons. The van der Waals surface area contributed by atoms with E-state index in [0.29, 0.717) is 5.16 Å². The van der Waals surface area contributed by atoms with Crippen LogP contribution >= 0.6 is 11.8 Å². The average Bonchev–Trinajstić information content (AvgIpc) is 2.83. The Morgan fingerprint density at radius 3 is 2.84 bits per heavy atom. The van der Waals surface area contributed by atoms with Gasteiger partial charge in [-0.3, -0.25) is 4.79 Å². The van der Waals surface area contributed by atoms with Gasteiger partial charge in [0.25, 0.3) is 0 Å². The monoisotopic (exact) mass is 277 g/mol. The molecule has 2 rings (SSSR count). The molecule has 0 unspecified atom stereocenters. The van der Waals surface area contributed by atoms with Gasteiger partial charge in [-0.25, -0.2) is 4.68 Å². The minimum absolute atomic E-state index is 0.0231. The molecule has 1 heterocycles. The summed E-state index contributed by atoms with van der Waals surface area (Å²) in [6.45, 7) is 1.95. The number of hydrogen-bond acceptors (Lipinski definition) is 5. The van der Waals surface area contributed by atoms with Gasteiger partial charge in [-0.1, -0.05) is 42.1 Å². The molecule has 0 bridgehead atoms. The van der Waals surface area contributed by atoms with E-state index in [1.165, 1.54) is 22.8 Å². The van der Waals surface area contributed by atoms with E-state index in [1.54, 1.807) is 0 Å². The van der Waals surface area contributed by atoms with Crippen molar-refractivity contribution in [3.8, 4) is 0 Å². The molecule has 2 aromatic rings. The number of nitrogen functional groups attached to an aromatic ring is 1. The Kier molecular flexibility index (Phi) is 4.40. The molecule has 1 atom stereocenters. The number of thioether (sulfide) groups is 1. The number of aromatic nitrogens is 3. The normalized spacial score (nSPS) is 12.1. The van der Waals surface area contributed by atoms with E-state index in [0.717, 1.165) is 5.56 Å². The molecule has 0 aliphatic heterocycles. The van der Waals surface area contributed by atoms with Gasteiger partial charge in [-0.2, -0.15) is 0 Å². The standard InChI is InChI=1S/C12H15N5OS/c1-9(10-5-3-2-4-6-10)15-11(18)7-19-12-16-14-8-17(12)13/h2-6,8-9H,7,13H2,1H3,(H,15,18)/t9-/m1/s1. The molecule has 7 heteroatoms. The number of carbonyl (C=O) groups excluding carboxylic acids is 1. The van der Waals surface area contributed by atoms with Crippen LogP contribution in [0.5, 0.6) is 0 Å². The van der Waals surface area contributed by atoms with Crippen molar-refractivity contribution < 1.29 is 4.79 Å². The molecule has 19 heavy (non-hydrogen) atoms. The lowest BCUT2D eigenvalue weighted by Crippen LogP contribution is -2.28. The summed E-state index contributed by atoms with van der Waals surface area (Å²) in [5.41, 5.74) is 1.07. The second-order valence-electron chi connectivity index (χ2n) is 4.01. The van der Waals surface area contributed by atoms with Crippen molar-refractivity contribution in [3.63, 3.8) is 0 Å². The Morgan fingerprint density at radius 2 is 2.21 bits per heavy atom. The summed E-state index contributed by atoms with van der Waals surface area (Å²) in [4.78, 5) is 11.8. The lowest BCUT2D eigenvalue weighted by atomic mass is 10.1. The first kappa shape index (κ1) is 13.4. The lowest BCUT2D eigenvalue weighted by molar-refractivity contribution is -0.119. The molecule has 1 aromatic carbocycles. The minimum Gasteiger partial charge on any atom is -0.349 e. The van der Waals surface area contributed by atoms with Crippen molar-refractivity contribution in [2.24, 2.45) is 0 Å². The maximum atomic E-state index is 11.8. The van der Waals surface area contributed by atoms with Crippen LogP contribution in [0, 0.1) is 0 Å². The second-order valence-corrected chi connectivity index (χ2v) is 4.95. The van der Waals surface area contributed by atoms with Gasteiger partial charge < -0.3 is 11.2 Å². The molecule has 0 spiro atoms. The third-order valence-corrected chi connectivity index (χ3v) is 3.51. The lowest BCUT2D eigenvalue weighted by Gasteiger charge is -2.13. The fourth-order valence-corrected chi connectivity index (χ4v) is 2.22. The molecule has 1 aromatic heterocycles. The van der Waals surface area contributed by atoms with E-state index in [2.05, 4.69) is 15.5 Å². The van der Waals surface area contributed by atoms with Crippen molar-refractivity contribution in [1.82, 2.24) is 20.2 Å². The molecular weight excluding hydrogens is 262 g/mol. The number of rotatable bonds is 5. The Hall–Kier alpha value is -2.02. The summed E-state index contributed by atoms with van der Waals surface area (Å²) in [7, 11) is 0. The Morgan fingerprint density at radius 1 is 1.47 bits per heavy atom. The highest BCUT2D eigenvalue weighted by Gasteiger charge is 2.11. The van der Waals surface area contributed by atoms with E-state index in [4.69, 9.17) is 5.84 Å². The van der Waals surface area contributed by atoms with Gasteiger partial charge in [-0.15, -0.1) is 10.2 Å². The largest absolute Gasteiger partial charge is 0.349 e. The van der Waals surface area contributed by atoms with E-state index < -0.39 is 0 Å².